The van der Waals surface area contributed by atoms with E-state index in [0.717, 1.165) is 11.1 Å². The molecule has 5 heteroatoms. The first kappa shape index (κ1) is 19.4. The Morgan fingerprint density at radius 2 is 1.31 bits per heavy atom. The van der Waals surface area contributed by atoms with E-state index in [-0.39, 0.29) is 24.6 Å². The van der Waals surface area contributed by atoms with Crippen LogP contribution < -0.4 is 0 Å². The maximum absolute atomic E-state index is 12.3. The van der Waals surface area contributed by atoms with E-state index in [9.17, 15) is 14.4 Å². The van der Waals surface area contributed by atoms with Crippen molar-refractivity contribution in [3.63, 3.8) is 0 Å². The smallest absolute Gasteiger partial charge is 0.338 e. The molecule has 0 aliphatic carbocycles. The van der Waals surface area contributed by atoms with Gasteiger partial charge in [-0.15, -0.1) is 0 Å². The molecule has 0 atom stereocenters. The van der Waals surface area contributed by atoms with Gasteiger partial charge in [0.1, 0.15) is 5.78 Å². The van der Waals surface area contributed by atoms with Crippen molar-refractivity contribution in [1.29, 1.82) is 0 Å². The van der Waals surface area contributed by atoms with Crippen molar-refractivity contribution in [2.45, 2.75) is 26.7 Å². The zero-order chi connectivity index (χ0) is 18.9. The van der Waals surface area contributed by atoms with Crippen LogP contribution in [0.15, 0.2) is 48.5 Å². The summed E-state index contributed by atoms with van der Waals surface area (Å²) in [5.41, 5.74) is 2.49. The van der Waals surface area contributed by atoms with E-state index >= 15 is 0 Å². The lowest BCUT2D eigenvalue weighted by molar-refractivity contribution is -0.117. The summed E-state index contributed by atoms with van der Waals surface area (Å²) in [6.45, 7) is 4.13. The van der Waals surface area contributed by atoms with Crippen molar-refractivity contribution < 1.29 is 23.9 Å². The van der Waals surface area contributed by atoms with Crippen molar-refractivity contribution in [2.75, 3.05) is 13.2 Å². The van der Waals surface area contributed by atoms with E-state index in [1.54, 1.807) is 56.3 Å². The number of rotatable bonds is 8. The number of carbonyl (C=O) groups is 3. The van der Waals surface area contributed by atoms with E-state index in [1.165, 1.54) is 0 Å². The van der Waals surface area contributed by atoms with Crippen LogP contribution in [0.2, 0.25) is 0 Å². The van der Waals surface area contributed by atoms with E-state index in [1.807, 2.05) is 6.07 Å². The summed E-state index contributed by atoms with van der Waals surface area (Å²) in [4.78, 5) is 35.7. The van der Waals surface area contributed by atoms with Crippen LogP contribution >= 0.6 is 0 Å². The van der Waals surface area contributed by atoms with Crippen LogP contribution in [0.3, 0.4) is 0 Å². The molecular formula is C21H22O5. The highest BCUT2D eigenvalue weighted by Crippen LogP contribution is 2.11. The molecule has 26 heavy (non-hydrogen) atoms. The number of esters is 2. The quantitative estimate of drug-likeness (QED) is 0.680. The van der Waals surface area contributed by atoms with Gasteiger partial charge >= 0.3 is 11.9 Å². The zero-order valence-corrected chi connectivity index (χ0v) is 15.0. The summed E-state index contributed by atoms with van der Waals surface area (Å²) >= 11 is 0. The van der Waals surface area contributed by atoms with Crippen LogP contribution in [0.5, 0.6) is 0 Å². The van der Waals surface area contributed by atoms with Gasteiger partial charge in [-0.25, -0.2) is 9.59 Å². The topological polar surface area (TPSA) is 69.7 Å². The fourth-order valence-electron chi connectivity index (χ4n) is 2.51. The van der Waals surface area contributed by atoms with Crippen molar-refractivity contribution >= 4 is 17.7 Å². The van der Waals surface area contributed by atoms with Gasteiger partial charge in [0.15, 0.2) is 0 Å². The maximum Gasteiger partial charge on any atom is 0.338 e. The summed E-state index contributed by atoms with van der Waals surface area (Å²) in [5, 5.41) is 0. The Morgan fingerprint density at radius 1 is 0.731 bits per heavy atom. The Labute approximate surface area is 152 Å². The molecule has 0 heterocycles. The fraction of sp³-hybridized carbons (Fsp3) is 0.286. The molecule has 0 N–H and O–H groups in total. The van der Waals surface area contributed by atoms with Crippen molar-refractivity contribution in [2.24, 2.45) is 0 Å². The molecule has 0 aliphatic heterocycles. The minimum Gasteiger partial charge on any atom is -0.462 e. The van der Waals surface area contributed by atoms with E-state index < -0.39 is 5.97 Å². The third-order valence-electron chi connectivity index (χ3n) is 3.71. The average molecular weight is 354 g/mol. The highest BCUT2D eigenvalue weighted by Gasteiger charge is 2.11. The molecule has 136 valence electrons. The van der Waals surface area contributed by atoms with Gasteiger partial charge < -0.3 is 9.47 Å². The third kappa shape index (κ3) is 5.55. The molecule has 0 amide bonds. The Balaban J connectivity index is 1.97. The largest absolute Gasteiger partial charge is 0.462 e. The first-order chi connectivity index (χ1) is 12.5. The molecule has 0 aliphatic rings. The van der Waals surface area contributed by atoms with Crippen LogP contribution in [0.4, 0.5) is 0 Å². The summed E-state index contributed by atoms with van der Waals surface area (Å²) in [6, 6.07) is 13.7. The Hall–Kier alpha value is -2.95. The maximum atomic E-state index is 12.3. The second-order valence-electron chi connectivity index (χ2n) is 5.73. The Bertz CT molecular complexity index is 777. The number of carbonyl (C=O) groups excluding carboxylic acids is 3. The van der Waals surface area contributed by atoms with Gasteiger partial charge in [-0.05, 0) is 49.2 Å². The molecule has 2 aromatic rings. The lowest BCUT2D eigenvalue weighted by Gasteiger charge is -2.06. The van der Waals surface area contributed by atoms with Crippen molar-refractivity contribution in [3.8, 4) is 0 Å². The van der Waals surface area contributed by atoms with Crippen molar-refractivity contribution in [3.05, 3.63) is 70.8 Å². The lowest BCUT2D eigenvalue weighted by atomic mass is 10.0. The predicted molar refractivity (Wildman–Crippen MR) is 97.2 cm³/mol. The molecular weight excluding hydrogens is 332 g/mol. The number of benzene rings is 2. The molecule has 0 spiro atoms. The van der Waals surface area contributed by atoms with Gasteiger partial charge in [0.05, 0.1) is 24.3 Å². The first-order valence-corrected chi connectivity index (χ1v) is 8.57. The summed E-state index contributed by atoms with van der Waals surface area (Å²) in [7, 11) is 0. The summed E-state index contributed by atoms with van der Waals surface area (Å²) in [6.07, 6.45) is 0.486. The minimum atomic E-state index is -0.392. The highest BCUT2D eigenvalue weighted by molar-refractivity contribution is 5.91. The number of ether oxygens (including phenoxy) is 2. The van der Waals surface area contributed by atoms with E-state index in [0.29, 0.717) is 24.3 Å². The monoisotopic (exact) mass is 354 g/mol. The van der Waals surface area contributed by atoms with E-state index in [4.69, 9.17) is 9.47 Å². The predicted octanol–water partition coefficient (Wildman–Crippen LogP) is 3.39. The van der Waals surface area contributed by atoms with Gasteiger partial charge in [0.25, 0.3) is 0 Å². The number of Topliss-reactive ketones (excluding diaryl/α,β-unsaturated/α-hetero) is 1. The van der Waals surface area contributed by atoms with Crippen LogP contribution in [-0.4, -0.2) is 30.9 Å². The zero-order valence-electron chi connectivity index (χ0n) is 15.0. The minimum absolute atomic E-state index is 0.0230. The third-order valence-corrected chi connectivity index (χ3v) is 3.71. The summed E-state index contributed by atoms with van der Waals surface area (Å²) < 4.78 is 9.90. The number of hydrogen-bond donors (Lipinski definition) is 0. The Morgan fingerprint density at radius 3 is 1.92 bits per heavy atom. The average Bonchev–Trinajstić information content (AvgIpc) is 2.63. The molecule has 0 fully saturated rings. The second kappa shape index (κ2) is 9.51. The molecule has 2 rings (SSSR count). The number of ketones is 1. The summed E-state index contributed by atoms with van der Waals surface area (Å²) in [5.74, 6) is -0.743. The van der Waals surface area contributed by atoms with Crippen LogP contribution in [0, 0.1) is 0 Å². The van der Waals surface area contributed by atoms with Gasteiger partial charge in [0, 0.05) is 12.8 Å². The molecule has 0 bridgehead atoms. The molecule has 0 saturated carbocycles. The molecule has 0 aromatic heterocycles. The normalized spacial score (nSPS) is 10.2. The van der Waals surface area contributed by atoms with Gasteiger partial charge in [-0.1, -0.05) is 24.3 Å². The SMILES string of the molecule is CCOC(=O)c1ccc(CC(=O)Cc2cccc(C(=O)OCC)c2)cc1. The lowest BCUT2D eigenvalue weighted by Crippen LogP contribution is -2.09. The standard InChI is InChI=1S/C21H22O5/c1-3-25-20(23)17-10-8-15(9-11-17)13-19(22)14-16-6-5-7-18(12-16)21(24)26-4-2/h5-12H,3-4,13-14H2,1-2H3. The van der Waals surface area contributed by atoms with Gasteiger partial charge in [-0.2, -0.15) is 0 Å². The number of hydrogen-bond acceptors (Lipinski definition) is 5. The van der Waals surface area contributed by atoms with Crippen LogP contribution in [0.25, 0.3) is 0 Å². The fourth-order valence-corrected chi connectivity index (χ4v) is 2.51. The molecule has 0 radical (unpaired) electrons. The van der Waals surface area contributed by atoms with Gasteiger partial charge in [0.2, 0.25) is 0 Å². The van der Waals surface area contributed by atoms with E-state index in [2.05, 4.69) is 0 Å². The van der Waals surface area contributed by atoms with Gasteiger partial charge in [-0.3, -0.25) is 4.79 Å². The van der Waals surface area contributed by atoms with Crippen LogP contribution in [0.1, 0.15) is 45.7 Å². The molecule has 0 unspecified atom stereocenters. The highest BCUT2D eigenvalue weighted by atomic mass is 16.5. The first-order valence-electron chi connectivity index (χ1n) is 8.57. The molecule has 0 saturated heterocycles. The molecule has 5 nitrogen and oxygen atoms in total. The second-order valence-corrected chi connectivity index (χ2v) is 5.73. The molecule has 2 aromatic carbocycles. The van der Waals surface area contributed by atoms with Crippen LogP contribution in [-0.2, 0) is 27.1 Å². The Kier molecular flexibility index (Phi) is 7.09. The van der Waals surface area contributed by atoms with Crippen molar-refractivity contribution in [1.82, 2.24) is 0 Å².